The molecule has 0 saturated carbocycles. The first-order valence-corrected chi connectivity index (χ1v) is 11.8. The normalized spacial score (nSPS) is 26.1. The summed E-state index contributed by atoms with van der Waals surface area (Å²) in [6.07, 6.45) is 3.21. The molecule has 2 saturated heterocycles. The zero-order chi connectivity index (χ0) is 21.3. The van der Waals surface area contributed by atoms with E-state index in [0.29, 0.717) is 24.8 Å². The number of hydrogen-bond donors (Lipinski definition) is 2. The van der Waals surface area contributed by atoms with Crippen LogP contribution in [0.2, 0.25) is 0 Å². The van der Waals surface area contributed by atoms with Gasteiger partial charge >= 0.3 is 0 Å². The van der Waals surface area contributed by atoms with Crippen LogP contribution in [0.15, 0.2) is 29.3 Å². The summed E-state index contributed by atoms with van der Waals surface area (Å²) >= 11 is 0. The van der Waals surface area contributed by atoms with Crippen LogP contribution in [-0.2, 0) is 17.8 Å². The molecule has 0 aliphatic carbocycles. The van der Waals surface area contributed by atoms with E-state index < -0.39 is 0 Å². The van der Waals surface area contributed by atoms with Gasteiger partial charge in [-0.15, -0.1) is 0 Å². The quantitative estimate of drug-likeness (QED) is 0.505. The summed E-state index contributed by atoms with van der Waals surface area (Å²) < 4.78 is 5.84. The van der Waals surface area contributed by atoms with Gasteiger partial charge in [0, 0.05) is 38.8 Å². The van der Waals surface area contributed by atoms with Crippen LogP contribution in [0.4, 0.5) is 0 Å². The highest BCUT2D eigenvalue weighted by atomic mass is 16.5. The molecule has 2 aliphatic rings. The predicted molar refractivity (Wildman–Crippen MR) is 125 cm³/mol. The van der Waals surface area contributed by atoms with Gasteiger partial charge in [-0.1, -0.05) is 31.2 Å². The fourth-order valence-electron chi connectivity index (χ4n) is 4.69. The monoisotopic (exact) mass is 415 g/mol. The summed E-state index contributed by atoms with van der Waals surface area (Å²) in [5.74, 6) is 0.917. The largest absolute Gasteiger partial charge is 0.373 e. The minimum absolute atomic E-state index is 0.313. The van der Waals surface area contributed by atoms with Gasteiger partial charge in [0.1, 0.15) is 0 Å². The van der Waals surface area contributed by atoms with E-state index in [0.717, 1.165) is 45.2 Å². The number of hydrogen-bond acceptors (Lipinski definition) is 4. The summed E-state index contributed by atoms with van der Waals surface area (Å²) in [5.41, 5.74) is 2.60. The first-order chi connectivity index (χ1) is 14.6. The molecule has 30 heavy (non-hydrogen) atoms. The molecule has 0 bridgehead atoms. The van der Waals surface area contributed by atoms with Crippen LogP contribution >= 0.6 is 0 Å². The first kappa shape index (κ1) is 23.0. The van der Waals surface area contributed by atoms with Crippen LogP contribution in [-0.4, -0.2) is 73.3 Å². The van der Waals surface area contributed by atoms with E-state index in [1.165, 1.54) is 30.5 Å². The number of benzene rings is 1. The Balaban J connectivity index is 1.50. The molecule has 0 spiro atoms. The lowest BCUT2D eigenvalue weighted by Crippen LogP contribution is -2.44. The lowest BCUT2D eigenvalue weighted by atomic mass is 10.1. The van der Waals surface area contributed by atoms with Crippen molar-refractivity contribution in [1.29, 1.82) is 0 Å². The maximum atomic E-state index is 5.84. The van der Waals surface area contributed by atoms with E-state index in [4.69, 9.17) is 9.73 Å². The SMILES string of the molecule is CCNC(=NCc1ccc(CN2CC(C)OC(C)C2)cc1)NCC1CCCN1CC. The van der Waals surface area contributed by atoms with Crippen molar-refractivity contribution >= 4 is 5.96 Å². The van der Waals surface area contributed by atoms with Gasteiger partial charge < -0.3 is 15.4 Å². The third-order valence-electron chi connectivity index (χ3n) is 6.10. The zero-order valence-corrected chi connectivity index (χ0v) is 19.4. The van der Waals surface area contributed by atoms with Crippen LogP contribution in [0.25, 0.3) is 0 Å². The molecule has 2 aliphatic heterocycles. The van der Waals surface area contributed by atoms with E-state index in [-0.39, 0.29) is 0 Å². The van der Waals surface area contributed by atoms with Crippen molar-refractivity contribution in [3.05, 3.63) is 35.4 Å². The molecule has 1 aromatic carbocycles. The molecule has 1 aromatic rings. The summed E-state index contributed by atoms with van der Waals surface area (Å²) in [7, 11) is 0. The van der Waals surface area contributed by atoms with Gasteiger partial charge in [-0.3, -0.25) is 9.80 Å². The summed E-state index contributed by atoms with van der Waals surface area (Å²) in [5, 5.41) is 6.93. The number of likely N-dealkylation sites (tertiary alicyclic amines) is 1. The van der Waals surface area contributed by atoms with Crippen molar-refractivity contribution in [2.45, 2.75) is 71.9 Å². The molecular formula is C24H41N5O. The van der Waals surface area contributed by atoms with Crippen LogP contribution in [0.5, 0.6) is 0 Å². The number of aliphatic imine (C=N–C) groups is 1. The van der Waals surface area contributed by atoms with E-state index in [1.54, 1.807) is 0 Å². The second-order valence-electron chi connectivity index (χ2n) is 8.77. The van der Waals surface area contributed by atoms with E-state index in [2.05, 4.69) is 72.4 Å². The molecule has 3 rings (SSSR count). The summed E-state index contributed by atoms with van der Waals surface area (Å²) in [6, 6.07) is 9.54. The number of nitrogens with zero attached hydrogens (tertiary/aromatic N) is 3. The number of rotatable bonds is 8. The minimum atomic E-state index is 0.313. The lowest BCUT2D eigenvalue weighted by Gasteiger charge is -2.35. The first-order valence-electron chi connectivity index (χ1n) is 11.8. The van der Waals surface area contributed by atoms with Crippen molar-refractivity contribution < 1.29 is 4.74 Å². The van der Waals surface area contributed by atoms with Crippen LogP contribution in [0.3, 0.4) is 0 Å². The lowest BCUT2D eigenvalue weighted by molar-refractivity contribution is -0.0704. The number of ether oxygens (including phenoxy) is 1. The van der Waals surface area contributed by atoms with Crippen molar-refractivity contribution in [2.24, 2.45) is 4.99 Å². The molecule has 6 nitrogen and oxygen atoms in total. The summed E-state index contributed by atoms with van der Waals surface area (Å²) in [6.45, 7) is 16.6. The molecule has 0 radical (unpaired) electrons. The Morgan fingerprint density at radius 1 is 1.07 bits per heavy atom. The van der Waals surface area contributed by atoms with Gasteiger partial charge in [-0.05, 0) is 57.8 Å². The Morgan fingerprint density at radius 3 is 2.43 bits per heavy atom. The number of likely N-dealkylation sites (N-methyl/N-ethyl adjacent to an activating group) is 1. The van der Waals surface area contributed by atoms with Gasteiger partial charge in [0.25, 0.3) is 0 Å². The van der Waals surface area contributed by atoms with Crippen molar-refractivity contribution in [1.82, 2.24) is 20.4 Å². The van der Waals surface area contributed by atoms with Gasteiger partial charge in [-0.2, -0.15) is 0 Å². The smallest absolute Gasteiger partial charge is 0.191 e. The molecule has 3 unspecified atom stereocenters. The highest BCUT2D eigenvalue weighted by Gasteiger charge is 2.23. The van der Waals surface area contributed by atoms with E-state index >= 15 is 0 Å². The van der Waals surface area contributed by atoms with Gasteiger partial charge in [-0.25, -0.2) is 4.99 Å². The molecule has 2 fully saturated rings. The Hall–Kier alpha value is -1.63. The van der Waals surface area contributed by atoms with E-state index in [1.807, 2.05) is 0 Å². The fraction of sp³-hybridized carbons (Fsp3) is 0.708. The third kappa shape index (κ3) is 6.96. The number of nitrogens with one attached hydrogen (secondary N) is 2. The molecule has 0 amide bonds. The predicted octanol–water partition coefficient (Wildman–Crippen LogP) is 2.84. The standard InChI is InChI=1S/C24H41N5O/c1-5-25-24(27-15-23-8-7-13-29(23)6-2)26-14-21-9-11-22(12-10-21)18-28-16-19(3)30-20(4)17-28/h9-12,19-20,23H,5-8,13-18H2,1-4H3,(H2,25,26,27). The van der Waals surface area contributed by atoms with Crippen molar-refractivity contribution in [3.63, 3.8) is 0 Å². The second-order valence-corrected chi connectivity index (χ2v) is 8.77. The maximum absolute atomic E-state index is 5.84. The highest BCUT2D eigenvalue weighted by Crippen LogP contribution is 2.16. The van der Waals surface area contributed by atoms with E-state index in [9.17, 15) is 0 Å². The van der Waals surface area contributed by atoms with Crippen molar-refractivity contribution in [3.8, 4) is 0 Å². The van der Waals surface area contributed by atoms with Gasteiger partial charge in [0.05, 0.1) is 18.8 Å². The Bertz CT molecular complexity index is 652. The average molecular weight is 416 g/mol. The van der Waals surface area contributed by atoms with Crippen LogP contribution in [0.1, 0.15) is 51.7 Å². The number of guanidine groups is 1. The Kier molecular flexibility index (Phi) is 8.97. The Labute approximate surface area is 183 Å². The highest BCUT2D eigenvalue weighted by molar-refractivity contribution is 5.79. The number of morpholine rings is 1. The van der Waals surface area contributed by atoms with Crippen LogP contribution < -0.4 is 10.6 Å². The molecule has 168 valence electrons. The topological polar surface area (TPSA) is 52.1 Å². The zero-order valence-electron chi connectivity index (χ0n) is 19.4. The third-order valence-corrected chi connectivity index (χ3v) is 6.10. The Morgan fingerprint density at radius 2 is 1.77 bits per heavy atom. The average Bonchev–Trinajstić information content (AvgIpc) is 3.18. The molecule has 0 aromatic heterocycles. The summed E-state index contributed by atoms with van der Waals surface area (Å²) in [4.78, 5) is 9.86. The molecule has 3 atom stereocenters. The minimum Gasteiger partial charge on any atom is -0.373 e. The molecule has 6 heteroatoms. The second kappa shape index (κ2) is 11.7. The fourth-order valence-corrected chi connectivity index (χ4v) is 4.69. The molecule has 2 heterocycles. The van der Waals surface area contributed by atoms with Crippen LogP contribution in [0, 0.1) is 0 Å². The molecule has 2 N–H and O–H groups in total. The maximum Gasteiger partial charge on any atom is 0.191 e. The van der Waals surface area contributed by atoms with Gasteiger partial charge in [0.15, 0.2) is 5.96 Å². The molecular weight excluding hydrogens is 374 g/mol. The van der Waals surface area contributed by atoms with Crippen molar-refractivity contribution in [2.75, 3.05) is 39.3 Å². The van der Waals surface area contributed by atoms with Gasteiger partial charge in [0.2, 0.25) is 0 Å².